The van der Waals surface area contributed by atoms with Crippen LogP contribution < -0.4 is 20.5 Å². The van der Waals surface area contributed by atoms with Gasteiger partial charge in [0.15, 0.2) is 0 Å². The molecule has 9 heteroatoms. The van der Waals surface area contributed by atoms with Gasteiger partial charge in [-0.1, -0.05) is 30.3 Å². The molecule has 0 aliphatic rings. The Morgan fingerprint density at radius 1 is 1.17 bits per heavy atom. The lowest BCUT2D eigenvalue weighted by molar-refractivity contribution is -0.119. The van der Waals surface area contributed by atoms with Gasteiger partial charge in [-0.05, 0) is 49.1 Å². The number of primary amides is 1. The number of nitrogens with two attached hydrogens (primary N) is 1. The molecular formula is C21H30N2O6S. The maximum absolute atomic E-state index is 11.0. The van der Waals surface area contributed by atoms with E-state index < -0.39 is 10.1 Å². The molecule has 0 saturated carbocycles. The Bertz CT molecular complexity index is 877. The van der Waals surface area contributed by atoms with Gasteiger partial charge < -0.3 is 20.5 Å². The van der Waals surface area contributed by atoms with E-state index in [1.165, 1.54) is 5.56 Å². The van der Waals surface area contributed by atoms with Crippen molar-refractivity contribution in [3.8, 4) is 11.5 Å². The van der Waals surface area contributed by atoms with Crippen LogP contribution in [0.4, 0.5) is 0 Å². The Labute approximate surface area is 178 Å². The summed E-state index contributed by atoms with van der Waals surface area (Å²) < 4.78 is 37.0. The first-order valence-electron chi connectivity index (χ1n) is 9.39. The van der Waals surface area contributed by atoms with Crippen molar-refractivity contribution in [1.82, 2.24) is 5.32 Å². The predicted octanol–water partition coefficient (Wildman–Crippen LogP) is 2.17. The molecule has 0 fully saturated rings. The van der Waals surface area contributed by atoms with Gasteiger partial charge in [-0.3, -0.25) is 9.35 Å². The Kier molecular flexibility index (Phi) is 10.9. The first-order chi connectivity index (χ1) is 14.1. The molecule has 2 aromatic carbocycles. The number of amides is 1. The number of rotatable bonds is 10. The van der Waals surface area contributed by atoms with Gasteiger partial charge in [-0.15, -0.1) is 0 Å². The van der Waals surface area contributed by atoms with Crippen molar-refractivity contribution in [1.29, 1.82) is 0 Å². The number of benzene rings is 2. The minimum Gasteiger partial charge on any atom is -0.496 e. The molecule has 2 aromatic rings. The summed E-state index contributed by atoms with van der Waals surface area (Å²) in [4.78, 5) is 11.0. The van der Waals surface area contributed by atoms with E-state index in [1.54, 1.807) is 14.0 Å². The second kappa shape index (κ2) is 12.8. The van der Waals surface area contributed by atoms with E-state index in [2.05, 4.69) is 11.4 Å². The molecule has 0 spiro atoms. The summed E-state index contributed by atoms with van der Waals surface area (Å²) in [5.41, 5.74) is 7.49. The third-order valence-corrected chi connectivity index (χ3v) is 4.01. The molecule has 0 aromatic heterocycles. The van der Waals surface area contributed by atoms with E-state index in [4.69, 9.17) is 19.8 Å². The number of carbonyl (C=O) groups excluding carboxylic acids is 1. The molecule has 0 saturated heterocycles. The van der Waals surface area contributed by atoms with Crippen LogP contribution in [0.15, 0.2) is 48.5 Å². The minimum atomic E-state index is -3.67. The van der Waals surface area contributed by atoms with Crippen LogP contribution in [-0.2, 0) is 27.9 Å². The topological polar surface area (TPSA) is 128 Å². The van der Waals surface area contributed by atoms with Crippen LogP contribution in [0.5, 0.6) is 11.5 Å². The quantitative estimate of drug-likeness (QED) is 0.383. The maximum Gasteiger partial charge on any atom is 0.261 e. The van der Waals surface area contributed by atoms with E-state index >= 15 is 0 Å². The van der Waals surface area contributed by atoms with E-state index in [0.29, 0.717) is 19.4 Å². The molecule has 8 nitrogen and oxygen atoms in total. The Morgan fingerprint density at radius 2 is 1.77 bits per heavy atom. The molecule has 0 bridgehead atoms. The highest BCUT2D eigenvalue weighted by atomic mass is 32.2. The second-order valence-corrected chi connectivity index (χ2v) is 8.11. The standard InChI is InChI=1S/C20H26N2O3.CH4O3S/c1-15(20(21)23)22-14-16-9-11-18(12-10-16)25-13-5-7-17-6-3-4-8-19(17)24-2;1-5(2,3)4/h3-4,6,8-12,15,22H,5,7,13-14H2,1-2H3,(H2,21,23);1H3,(H,2,3,4). The lowest BCUT2D eigenvalue weighted by atomic mass is 10.1. The maximum atomic E-state index is 11.0. The van der Waals surface area contributed by atoms with Crippen LogP contribution in [0.25, 0.3) is 0 Å². The number of methoxy groups -OCH3 is 1. The van der Waals surface area contributed by atoms with Crippen molar-refractivity contribution < 1.29 is 27.2 Å². The van der Waals surface area contributed by atoms with Crippen LogP contribution in [0.2, 0.25) is 0 Å². The van der Waals surface area contributed by atoms with Crippen molar-refractivity contribution in [2.24, 2.45) is 5.73 Å². The molecule has 1 amide bonds. The zero-order chi connectivity index (χ0) is 22.6. The molecular weight excluding hydrogens is 408 g/mol. The molecule has 0 aliphatic carbocycles. The Hall–Kier alpha value is -2.62. The zero-order valence-electron chi connectivity index (χ0n) is 17.5. The van der Waals surface area contributed by atoms with Gasteiger partial charge in [0.25, 0.3) is 10.1 Å². The summed E-state index contributed by atoms with van der Waals surface area (Å²) in [6.45, 7) is 2.99. The SMILES string of the molecule is COc1ccccc1CCCOc1ccc(CNC(C)C(N)=O)cc1.CS(=O)(=O)O. The van der Waals surface area contributed by atoms with Crippen LogP contribution in [0.1, 0.15) is 24.5 Å². The van der Waals surface area contributed by atoms with Crippen LogP contribution in [0.3, 0.4) is 0 Å². The van der Waals surface area contributed by atoms with Gasteiger partial charge in [0, 0.05) is 6.54 Å². The average Bonchev–Trinajstić information content (AvgIpc) is 2.69. The Balaban J connectivity index is 0.000000804. The predicted molar refractivity (Wildman–Crippen MR) is 116 cm³/mol. The lowest BCUT2D eigenvalue weighted by Crippen LogP contribution is -2.38. The number of carbonyl (C=O) groups is 1. The minimum absolute atomic E-state index is 0.342. The number of nitrogens with one attached hydrogen (secondary N) is 1. The highest BCUT2D eigenvalue weighted by Crippen LogP contribution is 2.19. The Morgan fingerprint density at radius 3 is 2.33 bits per heavy atom. The van der Waals surface area contributed by atoms with Crippen molar-refractivity contribution in [3.05, 3.63) is 59.7 Å². The molecule has 166 valence electrons. The summed E-state index contributed by atoms with van der Waals surface area (Å²) >= 11 is 0. The zero-order valence-corrected chi connectivity index (χ0v) is 18.3. The molecule has 0 radical (unpaired) electrons. The second-order valence-electron chi connectivity index (χ2n) is 6.65. The van der Waals surface area contributed by atoms with Gasteiger partial charge in [-0.2, -0.15) is 8.42 Å². The summed E-state index contributed by atoms with van der Waals surface area (Å²) in [7, 11) is -1.98. The van der Waals surface area contributed by atoms with Gasteiger partial charge in [0.05, 0.1) is 26.0 Å². The third-order valence-electron chi connectivity index (χ3n) is 4.01. The monoisotopic (exact) mass is 438 g/mol. The fraction of sp³-hybridized carbons (Fsp3) is 0.381. The van der Waals surface area contributed by atoms with Crippen molar-refractivity contribution in [3.63, 3.8) is 0 Å². The first kappa shape index (κ1) is 25.4. The van der Waals surface area contributed by atoms with E-state index in [1.807, 2.05) is 42.5 Å². The normalized spacial score (nSPS) is 11.7. The largest absolute Gasteiger partial charge is 0.496 e. The molecule has 0 heterocycles. The molecule has 2 rings (SSSR count). The highest BCUT2D eigenvalue weighted by Gasteiger charge is 2.07. The summed E-state index contributed by atoms with van der Waals surface area (Å²) in [6, 6.07) is 15.5. The van der Waals surface area contributed by atoms with Gasteiger partial charge in [-0.25, -0.2) is 0 Å². The molecule has 0 aliphatic heterocycles. The summed E-state index contributed by atoms with van der Waals surface area (Å²) in [5, 5.41) is 3.07. The van der Waals surface area contributed by atoms with E-state index in [9.17, 15) is 13.2 Å². The lowest BCUT2D eigenvalue weighted by Gasteiger charge is -2.11. The van der Waals surface area contributed by atoms with Crippen LogP contribution in [-0.4, -0.2) is 44.9 Å². The summed E-state index contributed by atoms with van der Waals surface area (Å²) in [5.74, 6) is 1.41. The fourth-order valence-electron chi connectivity index (χ4n) is 2.44. The highest BCUT2D eigenvalue weighted by molar-refractivity contribution is 7.85. The summed E-state index contributed by atoms with van der Waals surface area (Å²) in [6.07, 6.45) is 2.55. The van der Waals surface area contributed by atoms with Crippen molar-refractivity contribution >= 4 is 16.0 Å². The van der Waals surface area contributed by atoms with Gasteiger partial charge >= 0.3 is 0 Å². The number of hydrogen-bond acceptors (Lipinski definition) is 6. The molecule has 30 heavy (non-hydrogen) atoms. The first-order valence-corrected chi connectivity index (χ1v) is 11.2. The van der Waals surface area contributed by atoms with E-state index in [-0.39, 0.29) is 11.9 Å². The average molecular weight is 439 g/mol. The number of para-hydroxylation sites is 1. The molecule has 4 N–H and O–H groups in total. The smallest absolute Gasteiger partial charge is 0.261 e. The number of hydrogen-bond donors (Lipinski definition) is 3. The van der Waals surface area contributed by atoms with Crippen molar-refractivity contribution in [2.45, 2.75) is 32.4 Å². The number of ether oxygens (including phenoxy) is 2. The van der Waals surface area contributed by atoms with Crippen LogP contribution >= 0.6 is 0 Å². The van der Waals surface area contributed by atoms with Gasteiger partial charge in [0.2, 0.25) is 5.91 Å². The van der Waals surface area contributed by atoms with Crippen LogP contribution in [0, 0.1) is 0 Å². The van der Waals surface area contributed by atoms with E-state index in [0.717, 1.165) is 29.9 Å². The molecule has 1 unspecified atom stereocenters. The van der Waals surface area contributed by atoms with Crippen molar-refractivity contribution in [2.75, 3.05) is 20.0 Å². The third kappa shape index (κ3) is 11.4. The molecule has 1 atom stereocenters. The number of aryl methyl sites for hydroxylation is 1. The van der Waals surface area contributed by atoms with Gasteiger partial charge in [0.1, 0.15) is 11.5 Å². The fourth-order valence-corrected chi connectivity index (χ4v) is 2.44.